The molecule has 21 heavy (non-hydrogen) atoms. The maximum absolute atomic E-state index is 12.5. The first-order chi connectivity index (χ1) is 9.97. The lowest BCUT2D eigenvalue weighted by atomic mass is 9.92. The second kappa shape index (κ2) is 7.25. The third-order valence-electron chi connectivity index (χ3n) is 4.89. The molecule has 2 fully saturated rings. The Kier molecular flexibility index (Phi) is 5.62. The van der Waals surface area contributed by atoms with Crippen molar-refractivity contribution in [3.05, 3.63) is 0 Å². The maximum atomic E-state index is 12.5. The van der Waals surface area contributed by atoms with E-state index in [-0.39, 0.29) is 5.91 Å². The fourth-order valence-corrected chi connectivity index (χ4v) is 3.28. The summed E-state index contributed by atoms with van der Waals surface area (Å²) < 4.78 is 0. The van der Waals surface area contributed by atoms with Crippen LogP contribution in [0.2, 0.25) is 0 Å². The fourth-order valence-electron chi connectivity index (χ4n) is 3.28. The van der Waals surface area contributed by atoms with E-state index in [1.54, 1.807) is 6.92 Å². The molecule has 5 heteroatoms. The van der Waals surface area contributed by atoms with Gasteiger partial charge in [-0.25, -0.2) is 0 Å². The largest absolute Gasteiger partial charge is 0.343 e. The van der Waals surface area contributed by atoms with Crippen LogP contribution >= 0.6 is 0 Å². The van der Waals surface area contributed by atoms with Gasteiger partial charge in [-0.15, -0.1) is 0 Å². The number of hydrogen-bond acceptors (Lipinski definition) is 3. The number of piperazine rings is 1. The van der Waals surface area contributed by atoms with Gasteiger partial charge in [0.25, 0.3) is 0 Å². The first-order valence-corrected chi connectivity index (χ1v) is 8.24. The summed E-state index contributed by atoms with van der Waals surface area (Å²) in [5, 5.41) is 3.49. The zero-order valence-electron chi connectivity index (χ0n) is 13.6. The lowest BCUT2D eigenvalue weighted by Gasteiger charge is -2.37. The number of piperidine rings is 1. The van der Waals surface area contributed by atoms with E-state index >= 15 is 0 Å². The van der Waals surface area contributed by atoms with E-state index in [0.29, 0.717) is 30.2 Å². The Hall–Kier alpha value is -1.10. The highest BCUT2D eigenvalue weighted by atomic mass is 16.2. The molecular formula is C16H29N3O2. The zero-order valence-corrected chi connectivity index (χ0v) is 13.6. The van der Waals surface area contributed by atoms with E-state index in [4.69, 9.17) is 0 Å². The number of likely N-dealkylation sites (tertiary alicyclic amines) is 1. The van der Waals surface area contributed by atoms with Gasteiger partial charge in [-0.05, 0) is 24.7 Å². The van der Waals surface area contributed by atoms with Crippen molar-refractivity contribution in [1.29, 1.82) is 0 Å². The average molecular weight is 295 g/mol. The highest BCUT2D eigenvalue weighted by molar-refractivity contribution is 5.77. The summed E-state index contributed by atoms with van der Waals surface area (Å²) >= 11 is 0. The van der Waals surface area contributed by atoms with Gasteiger partial charge in [0.15, 0.2) is 0 Å². The lowest BCUT2D eigenvalue weighted by Crippen LogP contribution is -2.54. The van der Waals surface area contributed by atoms with Crippen molar-refractivity contribution < 1.29 is 9.59 Å². The van der Waals surface area contributed by atoms with Gasteiger partial charge < -0.3 is 15.1 Å². The summed E-state index contributed by atoms with van der Waals surface area (Å²) in [7, 11) is 0. The van der Waals surface area contributed by atoms with Gasteiger partial charge in [0.1, 0.15) is 0 Å². The molecule has 1 atom stereocenters. The summed E-state index contributed by atoms with van der Waals surface area (Å²) in [5.74, 6) is 1.45. The lowest BCUT2D eigenvalue weighted by molar-refractivity contribution is -0.134. The van der Waals surface area contributed by atoms with Crippen LogP contribution in [0.1, 0.15) is 40.0 Å². The van der Waals surface area contributed by atoms with E-state index in [1.165, 1.54) is 0 Å². The Morgan fingerprint density at radius 2 is 1.81 bits per heavy atom. The summed E-state index contributed by atoms with van der Waals surface area (Å²) in [5.41, 5.74) is 0. The Bertz CT molecular complexity index is 376. The van der Waals surface area contributed by atoms with Gasteiger partial charge >= 0.3 is 0 Å². The summed E-state index contributed by atoms with van der Waals surface area (Å²) in [4.78, 5) is 27.7. The zero-order chi connectivity index (χ0) is 15.4. The molecule has 0 saturated carbocycles. The van der Waals surface area contributed by atoms with Gasteiger partial charge in [-0.2, -0.15) is 0 Å². The van der Waals surface area contributed by atoms with Crippen LogP contribution in [0.3, 0.4) is 0 Å². The topological polar surface area (TPSA) is 52.7 Å². The summed E-state index contributed by atoms with van der Waals surface area (Å²) in [6.45, 7) is 10.2. The van der Waals surface area contributed by atoms with Crippen molar-refractivity contribution in [2.24, 2.45) is 11.8 Å². The predicted octanol–water partition coefficient (Wildman–Crippen LogP) is 1.09. The number of nitrogens with one attached hydrogen (secondary N) is 1. The highest BCUT2D eigenvalue weighted by Crippen LogP contribution is 2.22. The highest BCUT2D eigenvalue weighted by Gasteiger charge is 2.28. The number of amides is 2. The third-order valence-corrected chi connectivity index (χ3v) is 4.89. The van der Waals surface area contributed by atoms with Gasteiger partial charge in [-0.3, -0.25) is 9.59 Å². The molecule has 0 radical (unpaired) electrons. The molecule has 0 bridgehead atoms. The number of carbonyl (C=O) groups is 2. The van der Waals surface area contributed by atoms with Gasteiger partial charge in [-0.1, -0.05) is 13.8 Å². The minimum absolute atomic E-state index is 0.154. The van der Waals surface area contributed by atoms with E-state index in [2.05, 4.69) is 19.2 Å². The second-order valence-electron chi connectivity index (χ2n) is 6.80. The molecule has 5 nitrogen and oxygen atoms in total. The number of hydrogen-bond donors (Lipinski definition) is 1. The first-order valence-electron chi connectivity index (χ1n) is 8.24. The molecule has 0 aromatic rings. The Balaban J connectivity index is 1.78. The molecule has 1 N–H and O–H groups in total. The number of carbonyl (C=O) groups excluding carboxylic acids is 2. The van der Waals surface area contributed by atoms with Crippen molar-refractivity contribution in [1.82, 2.24) is 15.1 Å². The molecule has 1 unspecified atom stereocenters. The van der Waals surface area contributed by atoms with E-state index in [9.17, 15) is 9.59 Å². The molecule has 0 spiro atoms. The van der Waals surface area contributed by atoms with Gasteiger partial charge in [0, 0.05) is 52.1 Å². The van der Waals surface area contributed by atoms with Crippen LogP contribution in [-0.2, 0) is 9.59 Å². The van der Waals surface area contributed by atoms with E-state index in [0.717, 1.165) is 45.6 Å². The Morgan fingerprint density at radius 3 is 2.38 bits per heavy atom. The molecule has 120 valence electrons. The van der Waals surface area contributed by atoms with Gasteiger partial charge in [0.05, 0.1) is 0 Å². The molecule has 2 heterocycles. The van der Waals surface area contributed by atoms with Crippen LogP contribution in [-0.4, -0.2) is 60.4 Å². The predicted molar refractivity (Wildman–Crippen MR) is 82.8 cm³/mol. The average Bonchev–Trinajstić information content (AvgIpc) is 2.48. The Labute approximate surface area is 128 Å². The Morgan fingerprint density at radius 1 is 1.14 bits per heavy atom. The van der Waals surface area contributed by atoms with Crippen molar-refractivity contribution >= 4 is 11.8 Å². The number of rotatable bonds is 3. The van der Waals surface area contributed by atoms with Crippen molar-refractivity contribution in [2.45, 2.75) is 46.1 Å². The third kappa shape index (κ3) is 4.43. The summed E-state index contributed by atoms with van der Waals surface area (Å²) in [6.07, 6.45) is 2.58. The minimum atomic E-state index is 0.154. The van der Waals surface area contributed by atoms with Crippen molar-refractivity contribution in [3.63, 3.8) is 0 Å². The van der Waals surface area contributed by atoms with Crippen LogP contribution in [0.25, 0.3) is 0 Å². The normalized spacial score (nSPS) is 24.5. The molecule has 0 aliphatic carbocycles. The molecule has 2 aliphatic rings. The summed E-state index contributed by atoms with van der Waals surface area (Å²) in [6, 6.07) is 0.419. The van der Waals surface area contributed by atoms with Gasteiger partial charge in [0.2, 0.25) is 11.8 Å². The van der Waals surface area contributed by atoms with Crippen LogP contribution in [0.5, 0.6) is 0 Å². The van der Waals surface area contributed by atoms with E-state index < -0.39 is 0 Å². The SMILES string of the molecule is CC(=O)N1CCC(CC(=O)N2CCNC(C(C)C)C2)CC1. The molecule has 2 amide bonds. The smallest absolute Gasteiger partial charge is 0.222 e. The van der Waals surface area contributed by atoms with Crippen molar-refractivity contribution in [2.75, 3.05) is 32.7 Å². The second-order valence-corrected chi connectivity index (χ2v) is 6.80. The standard InChI is InChI=1S/C16H29N3O2/c1-12(2)15-11-19(9-6-17-15)16(21)10-14-4-7-18(8-5-14)13(3)20/h12,14-15,17H,4-11H2,1-3H3. The maximum Gasteiger partial charge on any atom is 0.222 e. The quantitative estimate of drug-likeness (QED) is 0.848. The van der Waals surface area contributed by atoms with Crippen LogP contribution in [0.4, 0.5) is 0 Å². The molecular weight excluding hydrogens is 266 g/mol. The molecule has 0 aromatic heterocycles. The van der Waals surface area contributed by atoms with Crippen molar-refractivity contribution in [3.8, 4) is 0 Å². The monoisotopic (exact) mass is 295 g/mol. The van der Waals surface area contributed by atoms with Crippen LogP contribution in [0.15, 0.2) is 0 Å². The van der Waals surface area contributed by atoms with Crippen LogP contribution in [0, 0.1) is 11.8 Å². The molecule has 2 saturated heterocycles. The van der Waals surface area contributed by atoms with E-state index in [1.807, 2.05) is 9.80 Å². The number of nitrogens with zero attached hydrogens (tertiary/aromatic N) is 2. The fraction of sp³-hybridized carbons (Fsp3) is 0.875. The van der Waals surface area contributed by atoms with Crippen LogP contribution < -0.4 is 5.32 Å². The first kappa shape index (κ1) is 16.3. The molecule has 0 aromatic carbocycles. The molecule has 2 aliphatic heterocycles. The minimum Gasteiger partial charge on any atom is -0.343 e. The molecule has 2 rings (SSSR count).